The lowest BCUT2D eigenvalue weighted by Crippen LogP contribution is -2.51. The van der Waals surface area contributed by atoms with Crippen molar-refractivity contribution in [3.05, 3.63) is 12.2 Å². The number of nitrogens with zero attached hydrogens (tertiary/aromatic N) is 3. The van der Waals surface area contributed by atoms with Crippen LogP contribution in [0.25, 0.3) is 0 Å². The standard InChI is InChI=1S/C20H25N3O5/c1-22(20(13-21)9-5-2-6-10-20)16(24)12-28-17(25)11-23-18(26)14-7-3-4-8-15(14)19(23)27/h3-4,14-15H,2,5-12H2,1H3/t14-,15+. The lowest BCUT2D eigenvalue weighted by molar-refractivity contribution is -0.157. The van der Waals surface area contributed by atoms with Gasteiger partial charge in [0.25, 0.3) is 5.91 Å². The number of rotatable bonds is 5. The topological polar surface area (TPSA) is 108 Å². The first-order valence-corrected chi connectivity index (χ1v) is 9.73. The molecule has 0 bridgehead atoms. The van der Waals surface area contributed by atoms with E-state index in [1.165, 1.54) is 4.90 Å². The van der Waals surface area contributed by atoms with Gasteiger partial charge in [0.1, 0.15) is 12.1 Å². The average molecular weight is 387 g/mol. The van der Waals surface area contributed by atoms with E-state index in [0.717, 1.165) is 24.2 Å². The van der Waals surface area contributed by atoms with E-state index >= 15 is 0 Å². The molecule has 2 atom stereocenters. The lowest BCUT2D eigenvalue weighted by Gasteiger charge is -2.38. The minimum atomic E-state index is -0.856. The SMILES string of the molecule is CN(C(=O)COC(=O)CN1C(=O)[C@H]2CC=CC[C@H]2C1=O)C1(C#N)CCCCC1. The molecule has 3 amide bonds. The highest BCUT2D eigenvalue weighted by Crippen LogP contribution is 2.35. The molecule has 8 nitrogen and oxygen atoms in total. The van der Waals surface area contributed by atoms with Crippen LogP contribution >= 0.6 is 0 Å². The Hall–Kier alpha value is -2.69. The summed E-state index contributed by atoms with van der Waals surface area (Å²) in [5.41, 5.74) is -0.856. The quantitative estimate of drug-likeness (QED) is 0.398. The second-order valence-electron chi connectivity index (χ2n) is 7.74. The Labute approximate surface area is 164 Å². The van der Waals surface area contributed by atoms with E-state index in [2.05, 4.69) is 6.07 Å². The highest BCUT2D eigenvalue weighted by atomic mass is 16.5. The average Bonchev–Trinajstić information content (AvgIpc) is 2.97. The van der Waals surface area contributed by atoms with Crippen molar-refractivity contribution in [3.8, 4) is 6.07 Å². The summed E-state index contributed by atoms with van der Waals surface area (Å²) in [6.07, 6.45) is 8.75. The van der Waals surface area contributed by atoms with E-state index < -0.39 is 42.4 Å². The fourth-order valence-electron chi connectivity index (χ4n) is 4.34. The van der Waals surface area contributed by atoms with Crippen LogP contribution in [0.4, 0.5) is 0 Å². The molecule has 28 heavy (non-hydrogen) atoms. The van der Waals surface area contributed by atoms with Gasteiger partial charge in [-0.25, -0.2) is 0 Å². The van der Waals surface area contributed by atoms with Gasteiger partial charge in [-0.2, -0.15) is 5.26 Å². The maximum absolute atomic E-state index is 12.4. The molecule has 1 saturated heterocycles. The van der Waals surface area contributed by atoms with Gasteiger partial charge in [-0.1, -0.05) is 31.4 Å². The van der Waals surface area contributed by atoms with Crippen molar-refractivity contribution in [2.75, 3.05) is 20.2 Å². The van der Waals surface area contributed by atoms with Crippen LogP contribution in [-0.2, 0) is 23.9 Å². The molecule has 2 aliphatic carbocycles. The monoisotopic (exact) mass is 387 g/mol. The molecule has 8 heteroatoms. The summed E-state index contributed by atoms with van der Waals surface area (Å²) < 4.78 is 5.02. The number of likely N-dealkylation sites (N-methyl/N-ethyl adjacent to an activating group) is 1. The van der Waals surface area contributed by atoms with Gasteiger partial charge < -0.3 is 9.64 Å². The number of likely N-dealkylation sites (tertiary alicyclic amines) is 1. The first-order valence-electron chi connectivity index (χ1n) is 9.73. The Kier molecular flexibility index (Phi) is 5.82. The second-order valence-corrected chi connectivity index (χ2v) is 7.74. The van der Waals surface area contributed by atoms with E-state index in [9.17, 15) is 24.4 Å². The van der Waals surface area contributed by atoms with Gasteiger partial charge in [-0.05, 0) is 25.7 Å². The molecule has 1 aliphatic heterocycles. The third kappa shape index (κ3) is 3.66. The van der Waals surface area contributed by atoms with Crippen molar-refractivity contribution >= 4 is 23.7 Å². The Bertz CT molecular complexity index is 721. The molecule has 0 spiro atoms. The van der Waals surface area contributed by atoms with Gasteiger partial charge in [0.05, 0.1) is 17.9 Å². The third-order valence-corrected chi connectivity index (χ3v) is 6.15. The fourth-order valence-corrected chi connectivity index (χ4v) is 4.34. The maximum Gasteiger partial charge on any atom is 0.326 e. The largest absolute Gasteiger partial charge is 0.454 e. The summed E-state index contributed by atoms with van der Waals surface area (Å²) in [5, 5.41) is 9.55. The molecule has 3 rings (SSSR count). The van der Waals surface area contributed by atoms with Crippen molar-refractivity contribution in [2.45, 2.75) is 50.5 Å². The number of esters is 1. The van der Waals surface area contributed by atoms with Crippen LogP contribution in [0.2, 0.25) is 0 Å². The maximum atomic E-state index is 12.4. The number of amides is 3. The Morgan fingerprint density at radius 2 is 1.75 bits per heavy atom. The van der Waals surface area contributed by atoms with Gasteiger partial charge in [0.2, 0.25) is 11.8 Å². The van der Waals surface area contributed by atoms with Crippen molar-refractivity contribution in [1.82, 2.24) is 9.80 Å². The fraction of sp³-hybridized carbons (Fsp3) is 0.650. The molecule has 0 aromatic rings. The van der Waals surface area contributed by atoms with Crippen molar-refractivity contribution in [3.63, 3.8) is 0 Å². The van der Waals surface area contributed by atoms with Crippen molar-refractivity contribution < 1.29 is 23.9 Å². The molecular weight excluding hydrogens is 362 g/mol. The number of imide groups is 1. The predicted molar refractivity (Wildman–Crippen MR) is 97.2 cm³/mol. The van der Waals surface area contributed by atoms with Crippen molar-refractivity contribution in [1.29, 1.82) is 5.26 Å². The minimum Gasteiger partial charge on any atom is -0.454 e. The number of fused-ring (bicyclic) bond motifs is 1. The predicted octanol–water partition coefficient (Wildman–Crippen LogP) is 1.17. The van der Waals surface area contributed by atoms with Gasteiger partial charge in [-0.15, -0.1) is 0 Å². The Morgan fingerprint density at radius 1 is 1.18 bits per heavy atom. The van der Waals surface area contributed by atoms with E-state index in [1.807, 2.05) is 12.2 Å². The number of carbonyl (C=O) groups is 4. The first kappa shape index (κ1) is 20.1. The van der Waals surface area contributed by atoms with E-state index in [0.29, 0.717) is 25.7 Å². The zero-order valence-electron chi connectivity index (χ0n) is 16.1. The molecule has 0 N–H and O–H groups in total. The number of nitriles is 1. The zero-order valence-corrected chi connectivity index (χ0v) is 16.1. The molecule has 0 aromatic heterocycles. The molecule has 150 valence electrons. The highest BCUT2D eigenvalue weighted by Gasteiger charge is 2.48. The molecule has 3 aliphatic rings. The number of hydrogen-bond acceptors (Lipinski definition) is 6. The molecule has 2 fully saturated rings. The van der Waals surface area contributed by atoms with E-state index in [4.69, 9.17) is 4.74 Å². The summed E-state index contributed by atoms with van der Waals surface area (Å²) in [6.45, 7) is -0.992. The van der Waals surface area contributed by atoms with Gasteiger partial charge >= 0.3 is 5.97 Å². The van der Waals surface area contributed by atoms with Gasteiger partial charge in [0.15, 0.2) is 6.61 Å². The van der Waals surface area contributed by atoms with Crippen LogP contribution < -0.4 is 0 Å². The normalized spacial score (nSPS) is 25.8. The summed E-state index contributed by atoms with van der Waals surface area (Å²) >= 11 is 0. The smallest absolute Gasteiger partial charge is 0.326 e. The minimum absolute atomic E-state index is 0.356. The summed E-state index contributed by atoms with van der Waals surface area (Å²) in [5.74, 6) is -2.78. The Balaban J connectivity index is 1.53. The molecular formula is C20H25N3O5. The van der Waals surface area contributed by atoms with E-state index in [-0.39, 0.29) is 11.8 Å². The van der Waals surface area contributed by atoms with Crippen LogP contribution in [0.5, 0.6) is 0 Å². The van der Waals surface area contributed by atoms with Crippen LogP contribution in [0, 0.1) is 23.2 Å². The van der Waals surface area contributed by atoms with Crippen LogP contribution in [-0.4, -0.2) is 59.2 Å². The van der Waals surface area contributed by atoms with Gasteiger partial charge in [-0.3, -0.25) is 24.1 Å². The molecule has 1 saturated carbocycles. The second kappa shape index (κ2) is 8.13. The van der Waals surface area contributed by atoms with Crippen LogP contribution in [0.15, 0.2) is 12.2 Å². The molecule has 0 radical (unpaired) electrons. The number of carbonyl (C=O) groups excluding carboxylic acids is 4. The Morgan fingerprint density at radius 3 is 2.29 bits per heavy atom. The number of allylic oxidation sites excluding steroid dienone is 2. The summed E-state index contributed by atoms with van der Waals surface area (Å²) in [6, 6.07) is 2.25. The zero-order chi connectivity index (χ0) is 20.3. The summed E-state index contributed by atoms with van der Waals surface area (Å²) in [7, 11) is 1.55. The van der Waals surface area contributed by atoms with Gasteiger partial charge in [0, 0.05) is 7.05 Å². The summed E-state index contributed by atoms with van der Waals surface area (Å²) in [4.78, 5) is 51.6. The van der Waals surface area contributed by atoms with E-state index in [1.54, 1.807) is 7.05 Å². The lowest BCUT2D eigenvalue weighted by atomic mass is 9.81. The highest BCUT2D eigenvalue weighted by molar-refractivity contribution is 6.07. The van der Waals surface area contributed by atoms with Crippen LogP contribution in [0.3, 0.4) is 0 Å². The third-order valence-electron chi connectivity index (χ3n) is 6.15. The van der Waals surface area contributed by atoms with Crippen molar-refractivity contribution in [2.24, 2.45) is 11.8 Å². The number of hydrogen-bond donors (Lipinski definition) is 0. The van der Waals surface area contributed by atoms with Crippen LogP contribution in [0.1, 0.15) is 44.9 Å². The number of ether oxygens (including phenoxy) is 1. The first-order chi connectivity index (χ1) is 13.4. The molecule has 0 aromatic carbocycles. The molecule has 0 unspecified atom stereocenters. The molecule has 1 heterocycles.